The third-order valence-electron chi connectivity index (χ3n) is 5.76. The van der Waals surface area contributed by atoms with Gasteiger partial charge >= 0.3 is 0 Å². The van der Waals surface area contributed by atoms with Crippen LogP contribution in [0.25, 0.3) is 21.3 Å². The number of ketones is 1. The fraction of sp³-hybridized carbons (Fsp3) is 0.231. The van der Waals surface area contributed by atoms with Gasteiger partial charge in [0, 0.05) is 30.0 Å². The molecular weight excluding hydrogens is 434 g/mol. The van der Waals surface area contributed by atoms with Crippen molar-refractivity contribution < 1.29 is 9.59 Å². The molecule has 0 atom stereocenters. The van der Waals surface area contributed by atoms with Crippen LogP contribution in [0.5, 0.6) is 0 Å². The van der Waals surface area contributed by atoms with E-state index < -0.39 is 0 Å². The lowest BCUT2D eigenvalue weighted by atomic mass is 10.0. The summed E-state index contributed by atoms with van der Waals surface area (Å²) in [6.07, 6.45) is 2.14. The van der Waals surface area contributed by atoms with Gasteiger partial charge in [0.25, 0.3) is 5.56 Å². The number of aryl methyl sites for hydroxylation is 2. The van der Waals surface area contributed by atoms with Crippen molar-refractivity contribution in [2.24, 2.45) is 0 Å². The monoisotopic (exact) mass is 459 g/mol. The van der Waals surface area contributed by atoms with E-state index in [4.69, 9.17) is 0 Å². The Hall–Kier alpha value is -3.58. The number of nitrogens with zero attached hydrogens (tertiary/aromatic N) is 2. The molecule has 0 saturated carbocycles. The highest BCUT2D eigenvalue weighted by Crippen LogP contribution is 2.31. The normalized spacial score (nSPS) is 11.0. The molecule has 0 fully saturated rings. The van der Waals surface area contributed by atoms with E-state index in [0.29, 0.717) is 28.7 Å². The predicted molar refractivity (Wildman–Crippen MR) is 132 cm³/mol. The number of carbonyl (C=O) groups is 2. The SMILES string of the molecule is CC(=O)NCCc1ccc(C(=O)Cn2cnc3scc(-c4ccc(C)c(C)c4)c3c2=O)cc1. The van der Waals surface area contributed by atoms with Crippen LogP contribution >= 0.6 is 11.3 Å². The molecule has 6 nitrogen and oxygen atoms in total. The maximum atomic E-state index is 13.3. The minimum absolute atomic E-state index is 0.0656. The number of benzene rings is 2. The molecule has 2 aromatic heterocycles. The van der Waals surface area contributed by atoms with Crippen molar-refractivity contribution in [1.29, 1.82) is 0 Å². The number of nitrogens with one attached hydrogen (secondary N) is 1. The van der Waals surface area contributed by atoms with Crippen LogP contribution in [0.4, 0.5) is 0 Å². The van der Waals surface area contributed by atoms with Crippen molar-refractivity contribution in [3.05, 3.63) is 86.8 Å². The average molecular weight is 460 g/mol. The van der Waals surface area contributed by atoms with Crippen LogP contribution in [-0.2, 0) is 17.8 Å². The van der Waals surface area contributed by atoms with Crippen molar-refractivity contribution in [3.63, 3.8) is 0 Å². The van der Waals surface area contributed by atoms with E-state index in [1.807, 2.05) is 36.6 Å². The van der Waals surface area contributed by atoms with Crippen molar-refractivity contribution in [3.8, 4) is 11.1 Å². The van der Waals surface area contributed by atoms with E-state index in [1.54, 1.807) is 12.1 Å². The van der Waals surface area contributed by atoms with Gasteiger partial charge in [0.2, 0.25) is 5.91 Å². The number of hydrogen-bond acceptors (Lipinski definition) is 5. The fourth-order valence-electron chi connectivity index (χ4n) is 3.69. The number of hydrogen-bond donors (Lipinski definition) is 1. The van der Waals surface area contributed by atoms with Gasteiger partial charge in [0.1, 0.15) is 4.83 Å². The Balaban J connectivity index is 1.57. The van der Waals surface area contributed by atoms with Crippen molar-refractivity contribution in [2.45, 2.75) is 33.7 Å². The molecule has 7 heteroatoms. The minimum Gasteiger partial charge on any atom is -0.356 e. The van der Waals surface area contributed by atoms with Gasteiger partial charge in [-0.15, -0.1) is 11.3 Å². The van der Waals surface area contributed by atoms with Crippen molar-refractivity contribution in [2.75, 3.05) is 6.54 Å². The van der Waals surface area contributed by atoms with Crippen LogP contribution in [0.3, 0.4) is 0 Å². The number of thiophene rings is 1. The minimum atomic E-state index is -0.213. The highest BCUT2D eigenvalue weighted by molar-refractivity contribution is 7.17. The summed E-state index contributed by atoms with van der Waals surface area (Å²) >= 11 is 1.43. The fourth-order valence-corrected chi connectivity index (χ4v) is 4.59. The average Bonchev–Trinajstić information content (AvgIpc) is 3.23. The van der Waals surface area contributed by atoms with Gasteiger partial charge in [0.15, 0.2) is 5.78 Å². The molecule has 0 radical (unpaired) electrons. The molecular formula is C26H25N3O3S. The van der Waals surface area contributed by atoms with E-state index in [0.717, 1.165) is 22.3 Å². The number of amides is 1. The first kappa shape index (κ1) is 22.6. The molecule has 0 aliphatic heterocycles. The summed E-state index contributed by atoms with van der Waals surface area (Å²) < 4.78 is 1.38. The molecule has 0 aliphatic rings. The third-order valence-corrected chi connectivity index (χ3v) is 6.64. The van der Waals surface area contributed by atoms with Crippen LogP contribution in [0.1, 0.15) is 34.0 Å². The summed E-state index contributed by atoms with van der Waals surface area (Å²) in [6.45, 7) is 6.06. The largest absolute Gasteiger partial charge is 0.356 e. The molecule has 1 N–H and O–H groups in total. The molecule has 4 rings (SSSR count). The number of Topliss-reactive ketones (excluding diaryl/α,β-unsaturated/α-hetero) is 1. The number of rotatable bonds is 7. The predicted octanol–water partition coefficient (Wildman–Crippen LogP) is 4.30. The summed E-state index contributed by atoms with van der Waals surface area (Å²) in [7, 11) is 0. The van der Waals surface area contributed by atoms with Gasteiger partial charge in [-0.2, -0.15) is 0 Å². The molecule has 0 saturated heterocycles. The molecule has 1 amide bonds. The van der Waals surface area contributed by atoms with E-state index in [2.05, 4.69) is 23.3 Å². The lowest BCUT2D eigenvalue weighted by Crippen LogP contribution is -2.24. The first-order chi connectivity index (χ1) is 15.8. The summed E-state index contributed by atoms with van der Waals surface area (Å²) in [5.74, 6) is -0.223. The summed E-state index contributed by atoms with van der Waals surface area (Å²) in [4.78, 5) is 42.2. The first-order valence-electron chi connectivity index (χ1n) is 10.7. The molecule has 0 aliphatic carbocycles. The number of aromatic nitrogens is 2. The van der Waals surface area contributed by atoms with Gasteiger partial charge in [-0.25, -0.2) is 4.98 Å². The van der Waals surface area contributed by atoms with Gasteiger partial charge in [-0.3, -0.25) is 19.0 Å². The Kier molecular flexibility index (Phi) is 6.51. The molecule has 168 valence electrons. The first-order valence-corrected chi connectivity index (χ1v) is 11.6. The second-order valence-electron chi connectivity index (χ2n) is 8.16. The van der Waals surface area contributed by atoms with E-state index >= 15 is 0 Å². The zero-order chi connectivity index (χ0) is 23.5. The van der Waals surface area contributed by atoms with E-state index in [-0.39, 0.29) is 23.8 Å². The van der Waals surface area contributed by atoms with Gasteiger partial charge in [-0.05, 0) is 42.5 Å². The van der Waals surface area contributed by atoms with Gasteiger partial charge in [0.05, 0.1) is 18.3 Å². The Labute approximate surface area is 195 Å². The van der Waals surface area contributed by atoms with Gasteiger partial charge in [-0.1, -0.05) is 42.5 Å². The standard InChI is InChI=1S/C26H25N3O3S/c1-16-4-7-21(12-17(16)2)22-14-33-25-24(22)26(32)29(15-28-25)13-23(31)20-8-5-19(6-9-20)10-11-27-18(3)30/h4-9,12,14-15H,10-11,13H2,1-3H3,(H,27,30). The molecule has 0 unspecified atom stereocenters. The molecule has 2 aromatic carbocycles. The number of carbonyl (C=O) groups excluding carboxylic acids is 2. The lowest BCUT2D eigenvalue weighted by Gasteiger charge is -2.08. The molecule has 33 heavy (non-hydrogen) atoms. The van der Waals surface area contributed by atoms with Crippen LogP contribution in [0.2, 0.25) is 0 Å². The summed E-state index contributed by atoms with van der Waals surface area (Å²) in [5.41, 5.74) is 5.52. The summed E-state index contributed by atoms with van der Waals surface area (Å²) in [6, 6.07) is 13.4. The quantitative estimate of drug-likeness (QED) is 0.418. The van der Waals surface area contributed by atoms with Crippen molar-refractivity contribution >= 4 is 33.2 Å². The Bertz CT molecular complexity index is 1400. The lowest BCUT2D eigenvalue weighted by molar-refractivity contribution is -0.118. The number of fused-ring (bicyclic) bond motifs is 1. The zero-order valence-electron chi connectivity index (χ0n) is 18.8. The van der Waals surface area contributed by atoms with Gasteiger partial charge < -0.3 is 5.32 Å². The Morgan fingerprint density at radius 3 is 2.52 bits per heavy atom. The molecule has 0 spiro atoms. The second-order valence-corrected chi connectivity index (χ2v) is 9.02. The maximum absolute atomic E-state index is 13.3. The van der Waals surface area contributed by atoms with Crippen LogP contribution in [-0.4, -0.2) is 27.8 Å². The second kappa shape index (κ2) is 9.50. The highest BCUT2D eigenvalue weighted by Gasteiger charge is 2.16. The Morgan fingerprint density at radius 2 is 1.82 bits per heavy atom. The van der Waals surface area contributed by atoms with Crippen LogP contribution < -0.4 is 10.9 Å². The third kappa shape index (κ3) is 4.93. The highest BCUT2D eigenvalue weighted by atomic mass is 32.1. The topological polar surface area (TPSA) is 81.1 Å². The van der Waals surface area contributed by atoms with Crippen molar-refractivity contribution in [1.82, 2.24) is 14.9 Å². The Morgan fingerprint density at radius 1 is 1.06 bits per heavy atom. The smallest absolute Gasteiger partial charge is 0.263 e. The van der Waals surface area contributed by atoms with Crippen LogP contribution in [0.15, 0.2) is 59.0 Å². The van der Waals surface area contributed by atoms with E-state index in [1.165, 1.54) is 34.7 Å². The molecule has 4 aromatic rings. The summed E-state index contributed by atoms with van der Waals surface area (Å²) in [5, 5.41) is 5.26. The van der Waals surface area contributed by atoms with E-state index in [9.17, 15) is 14.4 Å². The van der Waals surface area contributed by atoms with Crippen LogP contribution in [0, 0.1) is 13.8 Å². The maximum Gasteiger partial charge on any atom is 0.263 e. The molecule has 0 bridgehead atoms. The molecule has 2 heterocycles. The zero-order valence-corrected chi connectivity index (χ0v) is 19.7.